The molecule has 2 aromatic carbocycles. The van der Waals surface area contributed by atoms with Gasteiger partial charge < -0.3 is 15.3 Å². The van der Waals surface area contributed by atoms with Crippen LogP contribution in [0.4, 0.5) is 0 Å². The van der Waals surface area contributed by atoms with E-state index in [1.54, 1.807) is 12.3 Å². The van der Waals surface area contributed by atoms with Gasteiger partial charge in [0.2, 0.25) is 11.5 Å². The average Bonchev–Trinajstić information content (AvgIpc) is 2.97. The highest BCUT2D eigenvalue weighted by molar-refractivity contribution is 6.31. The molecule has 5 nitrogen and oxygen atoms in total. The first-order valence-corrected chi connectivity index (χ1v) is 8.60. The van der Waals surface area contributed by atoms with Gasteiger partial charge in [0, 0.05) is 45.6 Å². The Morgan fingerprint density at radius 3 is 2.46 bits per heavy atom. The minimum Gasteiger partial charge on any atom is -0.354 e. The van der Waals surface area contributed by atoms with Crippen LogP contribution in [-0.2, 0) is 17.8 Å². The number of fused-ring (bicyclic) bond motifs is 3. The van der Waals surface area contributed by atoms with Crippen molar-refractivity contribution in [2.24, 2.45) is 0 Å². The molecule has 130 valence electrons. The highest BCUT2D eigenvalue weighted by Crippen LogP contribution is 2.28. The number of nitrogens with one attached hydrogen (secondary N) is 3. The molecule has 0 aliphatic carbocycles. The van der Waals surface area contributed by atoms with E-state index in [4.69, 9.17) is 11.6 Å². The standard InChI is InChI=1S/C20H16ClN3O2/c21-14-3-5-16-15-4-1-12(7-17(15)24-18(16)9-14)8-20(26)23-11-13-2-6-19(25)22-10-13/h1-7,9-10,24H,8,11H2,(H,22,25)(H,23,26). The molecular weight excluding hydrogens is 350 g/mol. The van der Waals surface area contributed by atoms with E-state index in [1.165, 1.54) is 6.07 Å². The van der Waals surface area contributed by atoms with Gasteiger partial charge in [-0.1, -0.05) is 35.9 Å². The zero-order valence-electron chi connectivity index (χ0n) is 13.8. The van der Waals surface area contributed by atoms with Crippen molar-refractivity contribution in [3.63, 3.8) is 0 Å². The minimum atomic E-state index is -0.159. The molecule has 1 amide bonds. The van der Waals surface area contributed by atoms with Crippen molar-refractivity contribution in [2.45, 2.75) is 13.0 Å². The van der Waals surface area contributed by atoms with Crippen molar-refractivity contribution in [1.29, 1.82) is 0 Å². The van der Waals surface area contributed by atoms with Crippen LogP contribution in [0.2, 0.25) is 5.02 Å². The Labute approximate surface area is 154 Å². The lowest BCUT2D eigenvalue weighted by atomic mass is 10.1. The number of aromatic amines is 2. The highest BCUT2D eigenvalue weighted by atomic mass is 35.5. The second-order valence-electron chi connectivity index (χ2n) is 6.21. The fourth-order valence-corrected chi connectivity index (χ4v) is 3.21. The van der Waals surface area contributed by atoms with Gasteiger partial charge in [-0.3, -0.25) is 9.59 Å². The number of amides is 1. The summed E-state index contributed by atoms with van der Waals surface area (Å²) in [5, 5.41) is 5.76. The number of aromatic nitrogens is 2. The molecule has 2 aromatic heterocycles. The smallest absolute Gasteiger partial charge is 0.247 e. The Kier molecular flexibility index (Phi) is 4.22. The summed E-state index contributed by atoms with van der Waals surface area (Å²) >= 11 is 6.05. The predicted molar refractivity (Wildman–Crippen MR) is 103 cm³/mol. The molecule has 0 aliphatic rings. The molecule has 0 unspecified atom stereocenters. The lowest BCUT2D eigenvalue weighted by Gasteiger charge is -2.05. The van der Waals surface area contributed by atoms with Crippen LogP contribution >= 0.6 is 11.6 Å². The van der Waals surface area contributed by atoms with Gasteiger partial charge in [0.1, 0.15) is 0 Å². The van der Waals surface area contributed by atoms with Crippen molar-refractivity contribution < 1.29 is 4.79 Å². The third-order valence-corrected chi connectivity index (χ3v) is 4.56. The van der Waals surface area contributed by atoms with Crippen molar-refractivity contribution in [3.8, 4) is 0 Å². The maximum atomic E-state index is 12.2. The second-order valence-corrected chi connectivity index (χ2v) is 6.65. The van der Waals surface area contributed by atoms with Crippen molar-refractivity contribution in [2.75, 3.05) is 0 Å². The molecular formula is C20H16ClN3O2. The van der Waals surface area contributed by atoms with E-state index in [2.05, 4.69) is 15.3 Å². The quantitative estimate of drug-likeness (QED) is 0.517. The van der Waals surface area contributed by atoms with Crippen LogP contribution in [0.3, 0.4) is 0 Å². The highest BCUT2D eigenvalue weighted by Gasteiger charge is 2.08. The monoisotopic (exact) mass is 365 g/mol. The number of H-pyrrole nitrogens is 2. The summed E-state index contributed by atoms with van der Waals surface area (Å²) < 4.78 is 0. The van der Waals surface area contributed by atoms with Crippen LogP contribution < -0.4 is 10.9 Å². The van der Waals surface area contributed by atoms with Gasteiger partial charge in [-0.15, -0.1) is 0 Å². The molecule has 2 heterocycles. The summed E-state index contributed by atoms with van der Waals surface area (Å²) in [6, 6.07) is 14.9. The third-order valence-electron chi connectivity index (χ3n) is 4.33. The zero-order chi connectivity index (χ0) is 18.1. The molecule has 3 N–H and O–H groups in total. The molecule has 26 heavy (non-hydrogen) atoms. The number of pyridine rings is 1. The van der Waals surface area contributed by atoms with Crippen LogP contribution in [0.25, 0.3) is 21.8 Å². The third kappa shape index (κ3) is 3.34. The van der Waals surface area contributed by atoms with Gasteiger partial charge >= 0.3 is 0 Å². The molecule has 0 aliphatic heterocycles. The summed E-state index contributed by atoms with van der Waals surface area (Å²) in [5.74, 6) is -0.0743. The van der Waals surface area contributed by atoms with Crippen molar-refractivity contribution in [3.05, 3.63) is 81.2 Å². The number of carbonyl (C=O) groups is 1. The van der Waals surface area contributed by atoms with Gasteiger partial charge in [-0.25, -0.2) is 0 Å². The first kappa shape index (κ1) is 16.4. The molecule has 0 spiro atoms. The molecule has 0 bridgehead atoms. The fraction of sp³-hybridized carbons (Fsp3) is 0.100. The first-order chi connectivity index (χ1) is 12.6. The Hall–Kier alpha value is -3.05. The zero-order valence-corrected chi connectivity index (χ0v) is 14.6. The van der Waals surface area contributed by atoms with E-state index < -0.39 is 0 Å². The van der Waals surface area contributed by atoms with E-state index in [-0.39, 0.29) is 17.9 Å². The lowest BCUT2D eigenvalue weighted by molar-refractivity contribution is -0.120. The number of carbonyl (C=O) groups excluding carboxylic acids is 1. The van der Waals surface area contributed by atoms with E-state index in [0.29, 0.717) is 11.6 Å². The minimum absolute atomic E-state index is 0.0743. The van der Waals surface area contributed by atoms with Gasteiger partial charge in [0.15, 0.2) is 0 Å². The maximum absolute atomic E-state index is 12.2. The molecule has 0 saturated carbocycles. The summed E-state index contributed by atoms with van der Waals surface area (Å²) in [6.45, 7) is 0.378. The fourth-order valence-electron chi connectivity index (χ4n) is 3.04. The van der Waals surface area contributed by atoms with Crippen molar-refractivity contribution in [1.82, 2.24) is 15.3 Å². The molecule has 4 rings (SSSR count). The molecule has 4 aromatic rings. The van der Waals surface area contributed by atoms with E-state index >= 15 is 0 Å². The summed E-state index contributed by atoms with van der Waals surface area (Å²) in [4.78, 5) is 29.2. The largest absolute Gasteiger partial charge is 0.354 e. The lowest BCUT2D eigenvalue weighted by Crippen LogP contribution is -2.24. The van der Waals surface area contributed by atoms with Crippen molar-refractivity contribution >= 4 is 39.3 Å². The topological polar surface area (TPSA) is 77.8 Å². The summed E-state index contributed by atoms with van der Waals surface area (Å²) in [7, 11) is 0. The Morgan fingerprint density at radius 2 is 1.69 bits per heavy atom. The van der Waals surface area contributed by atoms with E-state index in [0.717, 1.165) is 32.9 Å². The molecule has 0 fully saturated rings. The molecule has 0 radical (unpaired) electrons. The van der Waals surface area contributed by atoms with Crippen LogP contribution in [0.1, 0.15) is 11.1 Å². The van der Waals surface area contributed by atoms with Crippen LogP contribution in [-0.4, -0.2) is 15.9 Å². The number of halogens is 1. The number of hydrogen-bond donors (Lipinski definition) is 3. The second kappa shape index (κ2) is 6.69. The van der Waals surface area contributed by atoms with Crippen LogP contribution in [0.15, 0.2) is 59.5 Å². The Balaban J connectivity index is 1.49. The number of hydrogen-bond acceptors (Lipinski definition) is 2. The summed E-state index contributed by atoms with van der Waals surface area (Å²) in [5.41, 5.74) is 3.57. The summed E-state index contributed by atoms with van der Waals surface area (Å²) in [6.07, 6.45) is 1.89. The van der Waals surface area contributed by atoms with Crippen LogP contribution in [0, 0.1) is 0 Å². The normalized spacial score (nSPS) is 11.1. The maximum Gasteiger partial charge on any atom is 0.247 e. The number of rotatable bonds is 4. The van der Waals surface area contributed by atoms with Gasteiger partial charge in [-0.05, 0) is 29.3 Å². The molecule has 0 saturated heterocycles. The SMILES string of the molecule is O=C(Cc1ccc2c(c1)[nH]c1cc(Cl)ccc12)NCc1ccc(=O)[nH]c1. The first-order valence-electron chi connectivity index (χ1n) is 8.23. The molecule has 6 heteroatoms. The number of benzene rings is 2. The Morgan fingerprint density at radius 1 is 0.962 bits per heavy atom. The van der Waals surface area contributed by atoms with Crippen LogP contribution in [0.5, 0.6) is 0 Å². The van der Waals surface area contributed by atoms with Gasteiger partial charge in [0.25, 0.3) is 0 Å². The van der Waals surface area contributed by atoms with E-state index in [1.807, 2.05) is 36.4 Å². The van der Waals surface area contributed by atoms with Gasteiger partial charge in [-0.2, -0.15) is 0 Å². The van der Waals surface area contributed by atoms with Gasteiger partial charge in [0.05, 0.1) is 6.42 Å². The predicted octanol–water partition coefficient (Wildman–Crippen LogP) is 3.52. The Bertz CT molecular complexity index is 1160. The van der Waals surface area contributed by atoms with E-state index in [9.17, 15) is 9.59 Å². The molecule has 0 atom stereocenters. The average molecular weight is 366 g/mol.